The van der Waals surface area contributed by atoms with Crippen molar-refractivity contribution in [2.45, 2.75) is 25.7 Å². The van der Waals surface area contributed by atoms with Crippen molar-refractivity contribution in [1.29, 1.82) is 0 Å². The zero-order chi connectivity index (χ0) is 16.3. The number of nitrogens with zero attached hydrogens (tertiary/aromatic N) is 1. The molecule has 0 aliphatic rings. The first-order valence-corrected chi connectivity index (χ1v) is 8.58. The first-order valence-electron chi connectivity index (χ1n) is 7.14. The second-order valence-corrected chi connectivity index (χ2v) is 6.96. The van der Waals surface area contributed by atoms with E-state index in [1.165, 1.54) is 4.31 Å². The van der Waals surface area contributed by atoms with Gasteiger partial charge in [-0.3, -0.25) is 4.31 Å². The van der Waals surface area contributed by atoms with Gasteiger partial charge in [0.05, 0.1) is 17.7 Å². The predicted octanol–water partition coefficient (Wildman–Crippen LogP) is 3.53. The molecular weight excluding hydrogens is 298 g/mol. The van der Waals surface area contributed by atoms with Gasteiger partial charge in [0.2, 0.25) is 0 Å². The third-order valence-electron chi connectivity index (χ3n) is 3.56. The molecule has 0 aromatic heterocycles. The number of aryl methyl sites for hydroxylation is 2. The molecule has 0 N–H and O–H groups in total. The minimum Gasteiger partial charge on any atom is -0.496 e. The zero-order valence-electron chi connectivity index (χ0n) is 13.3. The lowest BCUT2D eigenvalue weighted by molar-refractivity contribution is 0.408. The van der Waals surface area contributed by atoms with Crippen molar-refractivity contribution in [2.24, 2.45) is 0 Å². The Kier molecular flexibility index (Phi) is 4.76. The highest BCUT2D eigenvalue weighted by Gasteiger charge is 2.24. The van der Waals surface area contributed by atoms with E-state index in [1.54, 1.807) is 31.4 Å². The molecule has 0 heterocycles. The SMILES string of the molecule is CCN(c1ccccc1)S(=O)(=O)c1cc(C)c(OC)c(C)c1. The molecule has 5 heteroatoms. The Morgan fingerprint density at radius 3 is 2.05 bits per heavy atom. The molecule has 0 bridgehead atoms. The highest BCUT2D eigenvalue weighted by molar-refractivity contribution is 7.92. The topological polar surface area (TPSA) is 46.6 Å². The first kappa shape index (κ1) is 16.4. The van der Waals surface area contributed by atoms with Gasteiger partial charge in [-0.1, -0.05) is 18.2 Å². The summed E-state index contributed by atoms with van der Waals surface area (Å²) in [5.41, 5.74) is 2.28. The Labute approximate surface area is 132 Å². The number of rotatable bonds is 5. The normalized spacial score (nSPS) is 11.3. The van der Waals surface area contributed by atoms with Crippen LogP contribution in [0.4, 0.5) is 5.69 Å². The van der Waals surface area contributed by atoms with Gasteiger partial charge in [-0.25, -0.2) is 8.42 Å². The molecule has 2 rings (SSSR count). The number of benzene rings is 2. The molecule has 0 saturated heterocycles. The van der Waals surface area contributed by atoms with E-state index in [0.717, 1.165) is 16.9 Å². The molecule has 0 saturated carbocycles. The van der Waals surface area contributed by atoms with E-state index < -0.39 is 10.0 Å². The monoisotopic (exact) mass is 319 g/mol. The molecular formula is C17H21NO3S. The zero-order valence-corrected chi connectivity index (χ0v) is 14.1. The average Bonchev–Trinajstić information content (AvgIpc) is 2.48. The molecule has 22 heavy (non-hydrogen) atoms. The van der Waals surface area contributed by atoms with Crippen LogP contribution < -0.4 is 9.04 Å². The highest BCUT2D eigenvalue weighted by Crippen LogP contribution is 2.29. The van der Waals surface area contributed by atoms with Crippen molar-refractivity contribution in [2.75, 3.05) is 18.0 Å². The molecule has 118 valence electrons. The van der Waals surface area contributed by atoms with Gasteiger partial charge in [0, 0.05) is 6.54 Å². The van der Waals surface area contributed by atoms with Crippen LogP contribution in [-0.2, 0) is 10.0 Å². The lowest BCUT2D eigenvalue weighted by Gasteiger charge is -2.23. The van der Waals surface area contributed by atoms with E-state index in [9.17, 15) is 8.42 Å². The standard InChI is InChI=1S/C17H21NO3S/c1-5-18(15-9-7-6-8-10-15)22(19,20)16-11-13(2)17(21-4)14(3)12-16/h6-12H,5H2,1-4H3. The van der Waals surface area contributed by atoms with Crippen molar-refractivity contribution >= 4 is 15.7 Å². The van der Waals surface area contributed by atoms with Gasteiger partial charge in [0.25, 0.3) is 10.0 Å². The van der Waals surface area contributed by atoms with Crippen molar-refractivity contribution < 1.29 is 13.2 Å². The lowest BCUT2D eigenvalue weighted by Crippen LogP contribution is -2.30. The number of para-hydroxylation sites is 1. The summed E-state index contributed by atoms with van der Waals surface area (Å²) in [6.45, 7) is 5.90. The van der Waals surface area contributed by atoms with Gasteiger partial charge < -0.3 is 4.74 Å². The van der Waals surface area contributed by atoms with E-state index in [2.05, 4.69) is 0 Å². The molecule has 2 aromatic rings. The smallest absolute Gasteiger partial charge is 0.264 e. The van der Waals surface area contributed by atoms with E-state index in [4.69, 9.17) is 4.74 Å². The fraction of sp³-hybridized carbons (Fsp3) is 0.294. The maximum absolute atomic E-state index is 13.0. The van der Waals surface area contributed by atoms with Crippen molar-refractivity contribution in [3.8, 4) is 5.75 Å². The quantitative estimate of drug-likeness (QED) is 0.847. The summed E-state index contributed by atoms with van der Waals surface area (Å²) in [7, 11) is -2.01. The molecule has 0 aliphatic carbocycles. The minimum atomic E-state index is -3.60. The van der Waals surface area contributed by atoms with Crippen LogP contribution in [0, 0.1) is 13.8 Å². The van der Waals surface area contributed by atoms with Crippen LogP contribution >= 0.6 is 0 Å². The van der Waals surface area contributed by atoms with Crippen LogP contribution in [0.3, 0.4) is 0 Å². The largest absolute Gasteiger partial charge is 0.496 e. The summed E-state index contributed by atoms with van der Waals surface area (Å²) in [4.78, 5) is 0.286. The Hall–Kier alpha value is -2.01. The molecule has 2 aromatic carbocycles. The van der Waals surface area contributed by atoms with E-state index in [0.29, 0.717) is 12.2 Å². The number of ether oxygens (including phenoxy) is 1. The Balaban J connectivity index is 2.54. The van der Waals surface area contributed by atoms with Gasteiger partial charge in [0.15, 0.2) is 0 Å². The summed E-state index contributed by atoms with van der Waals surface area (Å²) in [6.07, 6.45) is 0. The molecule has 0 spiro atoms. The van der Waals surface area contributed by atoms with Gasteiger partial charge >= 0.3 is 0 Å². The maximum atomic E-state index is 13.0. The molecule has 0 amide bonds. The summed E-state index contributed by atoms with van der Waals surface area (Å²) in [5.74, 6) is 0.724. The van der Waals surface area contributed by atoms with Crippen molar-refractivity contribution in [3.05, 3.63) is 53.6 Å². The summed E-state index contributed by atoms with van der Waals surface area (Å²) < 4.78 is 32.6. The summed E-state index contributed by atoms with van der Waals surface area (Å²) in [6, 6.07) is 12.4. The Bertz CT molecular complexity index is 732. The van der Waals surface area contributed by atoms with Crippen LogP contribution in [0.1, 0.15) is 18.1 Å². The number of hydrogen-bond donors (Lipinski definition) is 0. The minimum absolute atomic E-state index is 0.286. The third-order valence-corrected chi connectivity index (χ3v) is 5.44. The molecule has 0 unspecified atom stereocenters. The van der Waals surface area contributed by atoms with Crippen molar-refractivity contribution in [3.63, 3.8) is 0 Å². The second-order valence-electron chi connectivity index (χ2n) is 5.10. The van der Waals surface area contributed by atoms with Gasteiger partial charge in [0.1, 0.15) is 5.75 Å². The first-order chi connectivity index (χ1) is 10.4. The number of sulfonamides is 1. The van der Waals surface area contributed by atoms with Crippen LogP contribution in [0.5, 0.6) is 5.75 Å². The van der Waals surface area contributed by atoms with Crippen LogP contribution in [0.25, 0.3) is 0 Å². The second kappa shape index (κ2) is 6.40. The molecule has 0 fully saturated rings. The summed E-state index contributed by atoms with van der Waals surface area (Å²) >= 11 is 0. The van der Waals surface area contributed by atoms with Crippen LogP contribution in [0.2, 0.25) is 0 Å². The molecule has 0 radical (unpaired) electrons. The van der Waals surface area contributed by atoms with Gasteiger partial charge in [-0.2, -0.15) is 0 Å². The fourth-order valence-corrected chi connectivity index (χ4v) is 4.24. The van der Waals surface area contributed by atoms with Crippen LogP contribution in [0.15, 0.2) is 47.4 Å². The average molecular weight is 319 g/mol. The number of methoxy groups -OCH3 is 1. The van der Waals surface area contributed by atoms with Crippen molar-refractivity contribution in [1.82, 2.24) is 0 Å². The van der Waals surface area contributed by atoms with E-state index >= 15 is 0 Å². The molecule has 0 aliphatic heterocycles. The Morgan fingerprint density at radius 2 is 1.59 bits per heavy atom. The third kappa shape index (κ3) is 2.95. The predicted molar refractivity (Wildman–Crippen MR) is 89.1 cm³/mol. The fourth-order valence-electron chi connectivity index (χ4n) is 2.59. The molecule has 0 atom stereocenters. The lowest BCUT2D eigenvalue weighted by atomic mass is 10.1. The van der Waals surface area contributed by atoms with E-state index in [-0.39, 0.29) is 4.90 Å². The van der Waals surface area contributed by atoms with Gasteiger partial charge in [-0.15, -0.1) is 0 Å². The van der Waals surface area contributed by atoms with Crippen LogP contribution in [-0.4, -0.2) is 22.1 Å². The van der Waals surface area contributed by atoms with Gasteiger partial charge in [-0.05, 0) is 56.2 Å². The molecule has 4 nitrogen and oxygen atoms in total. The highest BCUT2D eigenvalue weighted by atomic mass is 32.2. The number of anilines is 1. The van der Waals surface area contributed by atoms with E-state index in [1.807, 2.05) is 39.0 Å². The maximum Gasteiger partial charge on any atom is 0.264 e. The Morgan fingerprint density at radius 1 is 1.05 bits per heavy atom. The summed E-state index contributed by atoms with van der Waals surface area (Å²) in [5, 5.41) is 0. The number of hydrogen-bond acceptors (Lipinski definition) is 3.